The molecule has 2 aliphatic rings. The Morgan fingerprint density at radius 1 is 1.14 bits per heavy atom. The minimum Gasteiger partial charge on any atom is -0.382 e. The predicted molar refractivity (Wildman–Crippen MR) is 138 cm³/mol. The number of nitrogens with one attached hydrogen (secondary N) is 3. The van der Waals surface area contributed by atoms with Crippen LogP contribution in [0.4, 0.5) is 24.5 Å². The first kappa shape index (κ1) is 25.4. The number of rotatable bonds is 5. The number of fused-ring (bicyclic) bond motifs is 2. The molecule has 3 aromatic rings. The van der Waals surface area contributed by atoms with Crippen LogP contribution < -0.4 is 15.4 Å². The molecule has 2 aliphatic heterocycles. The summed E-state index contributed by atoms with van der Waals surface area (Å²) < 4.78 is 68.2. The Labute approximate surface area is 214 Å². The van der Waals surface area contributed by atoms with Crippen LogP contribution in [-0.2, 0) is 23.1 Å². The van der Waals surface area contributed by atoms with Crippen LogP contribution in [0.1, 0.15) is 24.1 Å². The van der Waals surface area contributed by atoms with Crippen molar-refractivity contribution in [3.05, 3.63) is 53.7 Å². The van der Waals surface area contributed by atoms with Crippen LogP contribution in [0.15, 0.2) is 47.4 Å². The molecule has 37 heavy (non-hydrogen) atoms. The van der Waals surface area contributed by atoms with Crippen LogP contribution >= 0.6 is 0 Å². The molecule has 0 radical (unpaired) electrons. The van der Waals surface area contributed by atoms with E-state index in [0.29, 0.717) is 22.2 Å². The molecule has 0 bridgehead atoms. The van der Waals surface area contributed by atoms with E-state index in [1.807, 2.05) is 6.07 Å². The predicted octanol–water partition coefficient (Wildman–Crippen LogP) is 3.97. The molecular weight excluding hydrogens is 503 g/mol. The molecule has 196 valence electrons. The van der Waals surface area contributed by atoms with Crippen molar-refractivity contribution in [3.63, 3.8) is 0 Å². The van der Waals surface area contributed by atoms with Crippen molar-refractivity contribution in [2.45, 2.75) is 43.0 Å². The van der Waals surface area contributed by atoms with Gasteiger partial charge in [0.1, 0.15) is 6.54 Å². The lowest BCUT2D eigenvalue weighted by atomic mass is 10.0. The van der Waals surface area contributed by atoms with E-state index in [1.165, 1.54) is 10.6 Å². The second-order valence-electron chi connectivity index (χ2n) is 9.49. The van der Waals surface area contributed by atoms with Gasteiger partial charge in [0.2, 0.25) is 10.0 Å². The molecule has 5 rings (SSSR count). The molecule has 7 nitrogen and oxygen atoms in total. The third-order valence-electron chi connectivity index (χ3n) is 6.77. The SMILES string of the molecule is CN1CCC(Nc2cccc3c2cc(C#CCNc2ccc4c(c2)S(=O)(=O)NC4)n3CC(F)(F)F)CC1. The van der Waals surface area contributed by atoms with E-state index in [0.717, 1.165) is 31.6 Å². The van der Waals surface area contributed by atoms with Gasteiger partial charge in [-0.25, -0.2) is 13.1 Å². The summed E-state index contributed by atoms with van der Waals surface area (Å²) in [5, 5.41) is 7.27. The third kappa shape index (κ3) is 5.71. The zero-order chi connectivity index (χ0) is 26.2. The lowest BCUT2D eigenvalue weighted by Crippen LogP contribution is -2.36. The zero-order valence-electron chi connectivity index (χ0n) is 20.3. The summed E-state index contributed by atoms with van der Waals surface area (Å²) in [6.07, 6.45) is -2.47. The highest BCUT2D eigenvalue weighted by molar-refractivity contribution is 7.89. The number of hydrogen-bond donors (Lipinski definition) is 3. The molecule has 0 aliphatic carbocycles. The Morgan fingerprint density at radius 3 is 2.68 bits per heavy atom. The molecule has 0 amide bonds. The highest BCUT2D eigenvalue weighted by Gasteiger charge is 2.30. The van der Waals surface area contributed by atoms with Crippen molar-refractivity contribution in [1.29, 1.82) is 0 Å². The van der Waals surface area contributed by atoms with Crippen LogP contribution in [-0.4, -0.2) is 56.8 Å². The maximum Gasteiger partial charge on any atom is 0.406 e. The maximum atomic E-state index is 13.5. The van der Waals surface area contributed by atoms with Gasteiger partial charge in [0.25, 0.3) is 0 Å². The van der Waals surface area contributed by atoms with E-state index < -0.39 is 22.7 Å². The number of benzene rings is 2. The van der Waals surface area contributed by atoms with E-state index in [2.05, 4.69) is 39.1 Å². The number of aromatic nitrogens is 1. The normalized spacial score (nSPS) is 17.8. The molecule has 1 saturated heterocycles. The number of anilines is 2. The van der Waals surface area contributed by atoms with E-state index in [1.54, 1.807) is 30.3 Å². The van der Waals surface area contributed by atoms with Gasteiger partial charge < -0.3 is 20.1 Å². The van der Waals surface area contributed by atoms with Gasteiger partial charge in [-0.15, -0.1) is 0 Å². The fourth-order valence-corrected chi connectivity index (χ4v) is 6.10. The van der Waals surface area contributed by atoms with Gasteiger partial charge in [0, 0.05) is 29.3 Å². The molecule has 11 heteroatoms. The van der Waals surface area contributed by atoms with Crippen molar-refractivity contribution < 1.29 is 21.6 Å². The average Bonchev–Trinajstić information content (AvgIpc) is 3.34. The van der Waals surface area contributed by atoms with Crippen LogP contribution in [0.3, 0.4) is 0 Å². The number of hydrogen-bond acceptors (Lipinski definition) is 5. The van der Waals surface area contributed by atoms with Crippen LogP contribution in [0, 0.1) is 11.8 Å². The monoisotopic (exact) mass is 531 g/mol. The molecule has 1 aromatic heterocycles. The number of likely N-dealkylation sites (tertiary alicyclic amines) is 1. The second-order valence-corrected chi connectivity index (χ2v) is 11.2. The summed E-state index contributed by atoms with van der Waals surface area (Å²) in [5.41, 5.74) is 2.82. The first-order valence-corrected chi connectivity index (χ1v) is 13.6. The molecule has 0 atom stereocenters. The van der Waals surface area contributed by atoms with Crippen molar-refractivity contribution in [2.24, 2.45) is 0 Å². The summed E-state index contributed by atoms with van der Waals surface area (Å²) in [6, 6.07) is 12.3. The number of nitrogens with zero attached hydrogens (tertiary/aromatic N) is 2. The average molecular weight is 532 g/mol. The van der Waals surface area contributed by atoms with Crippen molar-refractivity contribution in [1.82, 2.24) is 14.2 Å². The Bertz CT molecular complexity index is 1480. The van der Waals surface area contributed by atoms with Gasteiger partial charge >= 0.3 is 6.18 Å². The Balaban J connectivity index is 1.39. The van der Waals surface area contributed by atoms with E-state index >= 15 is 0 Å². The minimum atomic E-state index is -4.40. The van der Waals surface area contributed by atoms with E-state index in [9.17, 15) is 21.6 Å². The quantitative estimate of drug-likeness (QED) is 0.435. The highest BCUT2D eigenvalue weighted by Crippen LogP contribution is 2.31. The van der Waals surface area contributed by atoms with Gasteiger partial charge in [-0.1, -0.05) is 18.1 Å². The second kappa shape index (κ2) is 9.93. The van der Waals surface area contributed by atoms with Gasteiger partial charge in [0.15, 0.2) is 0 Å². The molecule has 0 spiro atoms. The number of halogens is 3. The molecule has 3 heterocycles. The number of sulfonamides is 1. The molecule has 1 fully saturated rings. The third-order valence-corrected chi connectivity index (χ3v) is 8.25. The lowest BCUT2D eigenvalue weighted by Gasteiger charge is -2.30. The van der Waals surface area contributed by atoms with Crippen molar-refractivity contribution in [3.8, 4) is 11.8 Å². The topological polar surface area (TPSA) is 78.4 Å². The van der Waals surface area contributed by atoms with Gasteiger partial charge in [-0.05, 0) is 74.8 Å². The molecule has 3 N–H and O–H groups in total. The zero-order valence-corrected chi connectivity index (χ0v) is 21.1. The largest absolute Gasteiger partial charge is 0.406 e. The van der Waals surface area contributed by atoms with Gasteiger partial charge in [-0.2, -0.15) is 13.2 Å². The fraction of sp³-hybridized carbons (Fsp3) is 0.385. The first-order valence-electron chi connectivity index (χ1n) is 12.1. The van der Waals surface area contributed by atoms with Crippen molar-refractivity contribution >= 4 is 32.3 Å². The summed E-state index contributed by atoms with van der Waals surface area (Å²) >= 11 is 0. The smallest absolute Gasteiger partial charge is 0.382 e. The fourth-order valence-electron chi connectivity index (χ4n) is 4.83. The summed E-state index contributed by atoms with van der Waals surface area (Å²) in [5.74, 6) is 5.78. The molecule has 2 aromatic carbocycles. The van der Waals surface area contributed by atoms with Crippen LogP contribution in [0.25, 0.3) is 10.9 Å². The Hall–Kier alpha value is -3.20. The minimum absolute atomic E-state index is 0.139. The van der Waals surface area contributed by atoms with Gasteiger partial charge in [-0.3, -0.25) is 0 Å². The van der Waals surface area contributed by atoms with Gasteiger partial charge in [0.05, 0.1) is 22.7 Å². The standard InChI is InChI=1S/C26H28F3N5O2S/c1-33-12-9-19(10-13-33)32-23-5-2-6-24-22(23)15-21(34(24)17-26(27,28)29)4-3-11-30-20-8-7-18-16-31-37(35,36)25(18)14-20/h2,5-8,14-15,19,30-32H,9-13,16-17H2,1H3. The molecule has 0 saturated carbocycles. The van der Waals surface area contributed by atoms with Crippen LogP contribution in [0.5, 0.6) is 0 Å². The summed E-state index contributed by atoms with van der Waals surface area (Å²) in [4.78, 5) is 2.49. The lowest BCUT2D eigenvalue weighted by molar-refractivity contribution is -0.140. The Morgan fingerprint density at radius 2 is 1.92 bits per heavy atom. The highest BCUT2D eigenvalue weighted by atomic mass is 32.2. The first-order chi connectivity index (χ1) is 17.6. The van der Waals surface area contributed by atoms with Crippen molar-refractivity contribution in [2.75, 3.05) is 37.3 Å². The van der Waals surface area contributed by atoms with Crippen LogP contribution in [0.2, 0.25) is 0 Å². The maximum absolute atomic E-state index is 13.5. The number of alkyl halides is 3. The number of piperidine rings is 1. The summed E-state index contributed by atoms with van der Waals surface area (Å²) in [6.45, 7) is 1.20. The molecular formula is C26H28F3N5O2S. The Kier molecular flexibility index (Phi) is 6.83. The molecule has 0 unspecified atom stereocenters. The summed E-state index contributed by atoms with van der Waals surface area (Å²) in [7, 11) is -1.42. The van der Waals surface area contributed by atoms with E-state index in [-0.39, 0.29) is 29.7 Å². The van der Waals surface area contributed by atoms with E-state index in [4.69, 9.17) is 0 Å².